The predicted molar refractivity (Wildman–Crippen MR) is 124 cm³/mol. The lowest BCUT2D eigenvalue weighted by atomic mass is 9.92. The number of rotatable bonds is 7. The van der Waals surface area contributed by atoms with Crippen molar-refractivity contribution in [2.75, 3.05) is 32.4 Å². The molecule has 1 atom stereocenters. The minimum atomic E-state index is -3.14. The lowest BCUT2D eigenvalue weighted by Crippen LogP contribution is -2.53. The van der Waals surface area contributed by atoms with Crippen LogP contribution in [-0.2, 0) is 16.3 Å². The molecule has 2 aliphatic rings. The quantitative estimate of drug-likeness (QED) is 0.510. The topological polar surface area (TPSA) is 73.8 Å². The minimum Gasteiger partial charge on any atom is -0.357 e. The van der Waals surface area contributed by atoms with Crippen LogP contribution in [0.4, 0.5) is 0 Å². The molecule has 0 spiro atoms. The molecule has 6 nitrogen and oxygen atoms in total. The summed E-state index contributed by atoms with van der Waals surface area (Å²) >= 11 is 0. The van der Waals surface area contributed by atoms with Crippen LogP contribution in [0, 0.1) is 0 Å². The van der Waals surface area contributed by atoms with E-state index < -0.39 is 9.84 Å². The van der Waals surface area contributed by atoms with Crippen LogP contribution in [0.3, 0.4) is 0 Å². The van der Waals surface area contributed by atoms with Crippen LogP contribution in [0.25, 0.3) is 0 Å². The van der Waals surface area contributed by atoms with Gasteiger partial charge in [-0.2, -0.15) is 0 Å². The van der Waals surface area contributed by atoms with Crippen molar-refractivity contribution in [1.82, 2.24) is 15.5 Å². The Labute approximate surface area is 182 Å². The van der Waals surface area contributed by atoms with Gasteiger partial charge in [0.1, 0.15) is 0 Å². The van der Waals surface area contributed by atoms with E-state index in [1.54, 1.807) is 12.1 Å². The van der Waals surface area contributed by atoms with E-state index in [1.807, 2.05) is 12.1 Å². The Morgan fingerprint density at radius 3 is 2.50 bits per heavy atom. The van der Waals surface area contributed by atoms with Gasteiger partial charge in [0.15, 0.2) is 15.8 Å². The fourth-order valence-corrected chi connectivity index (χ4v) is 5.25. The molecule has 1 aliphatic heterocycles. The number of nitrogens with zero attached hydrogens (tertiary/aromatic N) is 2. The first-order valence-corrected chi connectivity index (χ1v) is 13.4. The molecule has 1 aromatic rings. The third-order valence-corrected chi connectivity index (χ3v) is 7.38. The Kier molecular flexibility index (Phi) is 8.57. The Hall–Kier alpha value is -1.60. The molecular formula is C23H38N4O2S. The number of hydrogen-bond acceptors (Lipinski definition) is 4. The molecular weight excluding hydrogens is 396 g/mol. The highest BCUT2D eigenvalue weighted by molar-refractivity contribution is 7.90. The average Bonchev–Trinajstić information content (AvgIpc) is 2.74. The maximum atomic E-state index is 11.6. The third kappa shape index (κ3) is 6.98. The van der Waals surface area contributed by atoms with Crippen molar-refractivity contribution in [3.05, 3.63) is 29.8 Å². The molecule has 2 fully saturated rings. The van der Waals surface area contributed by atoms with E-state index in [4.69, 9.17) is 4.99 Å². The van der Waals surface area contributed by atoms with Crippen molar-refractivity contribution < 1.29 is 8.42 Å². The summed E-state index contributed by atoms with van der Waals surface area (Å²) in [4.78, 5) is 7.84. The van der Waals surface area contributed by atoms with Gasteiger partial charge in [0.2, 0.25) is 0 Å². The molecule has 3 rings (SSSR count). The maximum Gasteiger partial charge on any atom is 0.191 e. The SMILES string of the molecule is CCNC(=NCCc1ccc(S(C)(=O)=O)cc1)NC1CCCN(C2CCCCC2)C1. The summed E-state index contributed by atoms with van der Waals surface area (Å²) in [6, 6.07) is 8.36. The Bertz CT molecular complexity index is 786. The molecule has 1 aliphatic carbocycles. The van der Waals surface area contributed by atoms with Gasteiger partial charge in [-0.05, 0) is 63.3 Å². The number of guanidine groups is 1. The summed E-state index contributed by atoms with van der Waals surface area (Å²) in [5.74, 6) is 0.890. The third-order valence-electron chi connectivity index (χ3n) is 6.25. The second-order valence-corrected chi connectivity index (χ2v) is 10.7. The Morgan fingerprint density at radius 2 is 1.83 bits per heavy atom. The molecule has 30 heavy (non-hydrogen) atoms. The largest absolute Gasteiger partial charge is 0.357 e. The van der Waals surface area contributed by atoms with Gasteiger partial charge in [-0.1, -0.05) is 31.4 Å². The normalized spacial score (nSPS) is 22.1. The van der Waals surface area contributed by atoms with Crippen LogP contribution < -0.4 is 10.6 Å². The second kappa shape index (κ2) is 11.1. The van der Waals surface area contributed by atoms with Gasteiger partial charge in [-0.3, -0.25) is 9.89 Å². The summed E-state index contributed by atoms with van der Waals surface area (Å²) in [5, 5.41) is 7.04. The van der Waals surface area contributed by atoms with Crippen LogP contribution in [-0.4, -0.2) is 63.8 Å². The zero-order valence-electron chi connectivity index (χ0n) is 18.6. The van der Waals surface area contributed by atoms with E-state index in [9.17, 15) is 8.42 Å². The first-order chi connectivity index (χ1) is 14.5. The van der Waals surface area contributed by atoms with Crippen LogP contribution in [0.5, 0.6) is 0 Å². The lowest BCUT2D eigenvalue weighted by Gasteiger charge is -2.40. The van der Waals surface area contributed by atoms with Gasteiger partial charge in [-0.25, -0.2) is 8.42 Å². The molecule has 0 aromatic heterocycles. The van der Waals surface area contributed by atoms with Crippen LogP contribution in [0.2, 0.25) is 0 Å². The van der Waals surface area contributed by atoms with Crippen LogP contribution in [0.15, 0.2) is 34.2 Å². The molecule has 7 heteroatoms. The second-order valence-electron chi connectivity index (χ2n) is 8.70. The smallest absolute Gasteiger partial charge is 0.191 e. The van der Waals surface area contributed by atoms with Crippen molar-refractivity contribution in [2.24, 2.45) is 4.99 Å². The van der Waals surface area contributed by atoms with Gasteiger partial charge in [0.25, 0.3) is 0 Å². The lowest BCUT2D eigenvalue weighted by molar-refractivity contribution is 0.115. The van der Waals surface area contributed by atoms with Gasteiger partial charge < -0.3 is 10.6 Å². The van der Waals surface area contributed by atoms with Crippen LogP contribution >= 0.6 is 0 Å². The number of hydrogen-bond donors (Lipinski definition) is 2. The van der Waals surface area contributed by atoms with E-state index in [1.165, 1.54) is 57.7 Å². The fraction of sp³-hybridized carbons (Fsp3) is 0.696. The molecule has 168 valence electrons. The van der Waals surface area contributed by atoms with Crippen molar-refractivity contribution >= 4 is 15.8 Å². The van der Waals surface area contributed by atoms with Gasteiger partial charge >= 0.3 is 0 Å². The van der Waals surface area contributed by atoms with Gasteiger partial charge in [-0.15, -0.1) is 0 Å². The van der Waals surface area contributed by atoms with Crippen molar-refractivity contribution in [2.45, 2.75) is 75.3 Å². The number of likely N-dealkylation sites (tertiary alicyclic amines) is 1. The first kappa shape index (κ1) is 23.1. The monoisotopic (exact) mass is 434 g/mol. The fourth-order valence-electron chi connectivity index (χ4n) is 4.62. The Balaban J connectivity index is 1.52. The highest BCUT2D eigenvalue weighted by atomic mass is 32.2. The van der Waals surface area contributed by atoms with Crippen molar-refractivity contribution in [1.29, 1.82) is 0 Å². The number of benzene rings is 1. The molecule has 0 radical (unpaired) electrons. The maximum absolute atomic E-state index is 11.6. The average molecular weight is 435 g/mol. The van der Waals surface area contributed by atoms with E-state index in [0.29, 0.717) is 17.5 Å². The molecule has 1 aromatic carbocycles. The van der Waals surface area contributed by atoms with E-state index in [0.717, 1.165) is 37.1 Å². The summed E-state index contributed by atoms with van der Waals surface area (Å²) < 4.78 is 23.2. The molecule has 1 unspecified atom stereocenters. The van der Waals surface area contributed by atoms with Crippen molar-refractivity contribution in [3.8, 4) is 0 Å². The summed E-state index contributed by atoms with van der Waals surface area (Å²) in [5.41, 5.74) is 1.10. The number of nitrogens with one attached hydrogen (secondary N) is 2. The number of aliphatic imine (C=N–C) groups is 1. The van der Waals surface area contributed by atoms with Crippen LogP contribution in [0.1, 0.15) is 57.4 Å². The van der Waals surface area contributed by atoms with E-state index in [-0.39, 0.29) is 0 Å². The standard InChI is InChI=1S/C23H38N4O2S/c1-3-24-23(25-16-15-19-11-13-22(14-12-19)30(2,28)29)26-20-8-7-17-27(18-20)21-9-5-4-6-10-21/h11-14,20-21H,3-10,15-18H2,1-2H3,(H2,24,25,26). The molecule has 1 saturated carbocycles. The highest BCUT2D eigenvalue weighted by Crippen LogP contribution is 2.25. The van der Waals surface area contributed by atoms with E-state index in [2.05, 4.69) is 22.5 Å². The van der Waals surface area contributed by atoms with Gasteiger partial charge in [0, 0.05) is 38.0 Å². The highest BCUT2D eigenvalue weighted by Gasteiger charge is 2.27. The first-order valence-electron chi connectivity index (χ1n) is 11.5. The molecule has 2 N–H and O–H groups in total. The Morgan fingerprint density at radius 1 is 1.10 bits per heavy atom. The van der Waals surface area contributed by atoms with E-state index >= 15 is 0 Å². The molecule has 1 heterocycles. The number of piperidine rings is 1. The molecule has 0 amide bonds. The summed E-state index contributed by atoms with van der Waals surface area (Å²) in [6.45, 7) is 5.96. The molecule has 1 saturated heterocycles. The predicted octanol–water partition coefficient (Wildman–Crippen LogP) is 2.98. The molecule has 0 bridgehead atoms. The summed E-state index contributed by atoms with van der Waals surface area (Å²) in [7, 11) is -3.14. The zero-order valence-corrected chi connectivity index (χ0v) is 19.4. The summed E-state index contributed by atoms with van der Waals surface area (Å²) in [6.07, 6.45) is 11.4. The van der Waals surface area contributed by atoms with Gasteiger partial charge in [0.05, 0.1) is 4.90 Å². The number of sulfone groups is 1. The van der Waals surface area contributed by atoms with Crippen molar-refractivity contribution in [3.63, 3.8) is 0 Å². The zero-order chi connectivity index (χ0) is 21.4. The minimum absolute atomic E-state index is 0.365.